The molecular formula is C78H146O7P2. The van der Waals surface area contributed by atoms with Crippen LogP contribution in [0.1, 0.15) is 424 Å². The molecule has 0 radical (unpaired) electrons. The summed E-state index contributed by atoms with van der Waals surface area (Å²) < 4.78 is 3.60. The number of rotatable bonds is 55. The molecule has 0 saturated heterocycles. The molecule has 0 saturated carbocycles. The van der Waals surface area contributed by atoms with Crippen LogP contribution in [0.3, 0.4) is 0 Å². The molecule has 2 aromatic rings. The highest BCUT2D eigenvalue weighted by atomic mass is 31.2. The predicted molar refractivity (Wildman–Crippen MR) is 384 cm³/mol. The second kappa shape index (κ2) is 51.2. The van der Waals surface area contributed by atoms with Gasteiger partial charge < -0.3 is 29.8 Å². The number of phenolic OH excluding ortho intramolecular Hbond substituents is 2. The monoisotopic (exact) mass is 1260 g/mol. The number of aromatic hydroxyl groups is 2. The van der Waals surface area contributed by atoms with Crippen molar-refractivity contribution in [1.82, 2.24) is 0 Å². The molecule has 0 bridgehead atoms. The van der Waals surface area contributed by atoms with E-state index in [-0.39, 0.29) is 16.2 Å². The van der Waals surface area contributed by atoms with E-state index in [1.54, 1.807) is 0 Å². The third-order valence-corrected chi connectivity index (χ3v) is 20.9. The molecule has 0 aliphatic heterocycles. The van der Waals surface area contributed by atoms with Crippen LogP contribution in [0.25, 0.3) is 0 Å². The number of hydrogen-bond acceptors (Lipinski definition) is 7. The van der Waals surface area contributed by atoms with E-state index < -0.39 is 17.2 Å². The summed E-state index contributed by atoms with van der Waals surface area (Å²) >= 11 is 0. The quantitative estimate of drug-likeness (QED) is 0.0287. The van der Waals surface area contributed by atoms with Crippen LogP contribution < -0.4 is 0 Å². The lowest BCUT2D eigenvalue weighted by molar-refractivity contribution is 0.158. The fourth-order valence-electron chi connectivity index (χ4n) is 14.3. The average Bonchev–Trinajstić information content (AvgIpc) is 1.45. The van der Waals surface area contributed by atoms with Crippen LogP contribution in [-0.4, -0.2) is 29.8 Å². The Morgan fingerprint density at radius 2 is 0.506 bits per heavy atom. The van der Waals surface area contributed by atoms with Gasteiger partial charge in [0.05, 0.1) is 0 Å². The molecule has 0 unspecified atom stereocenters. The van der Waals surface area contributed by atoms with E-state index in [0.29, 0.717) is 16.9 Å². The van der Waals surface area contributed by atoms with Crippen molar-refractivity contribution in [2.75, 3.05) is 0 Å². The van der Waals surface area contributed by atoms with Crippen molar-refractivity contribution in [2.24, 2.45) is 5.41 Å². The first-order valence-electron chi connectivity index (χ1n) is 37.4. The van der Waals surface area contributed by atoms with Gasteiger partial charge in [0, 0.05) is 5.41 Å². The lowest BCUT2D eigenvalue weighted by Gasteiger charge is -2.44. The zero-order chi connectivity index (χ0) is 64.7. The van der Waals surface area contributed by atoms with E-state index in [1.807, 2.05) is 0 Å². The number of unbranched alkanes of at least 4 members (excludes halogenated alkanes) is 40. The Morgan fingerprint density at radius 1 is 0.287 bits per heavy atom. The van der Waals surface area contributed by atoms with Gasteiger partial charge in [0.15, 0.2) is 0 Å². The third-order valence-electron chi connectivity index (χ3n) is 19.7. The van der Waals surface area contributed by atoms with E-state index >= 15 is 0 Å². The Labute approximate surface area is 543 Å². The molecule has 2 aromatic carbocycles. The van der Waals surface area contributed by atoms with Crippen LogP contribution in [0.2, 0.25) is 0 Å². The van der Waals surface area contributed by atoms with Gasteiger partial charge >= 0.3 is 17.2 Å². The summed E-state index contributed by atoms with van der Waals surface area (Å²) in [5.74, 6) is 0.887. The van der Waals surface area contributed by atoms with Gasteiger partial charge in [0.25, 0.3) is 0 Å². The van der Waals surface area contributed by atoms with Crippen molar-refractivity contribution in [2.45, 2.75) is 420 Å². The summed E-state index contributed by atoms with van der Waals surface area (Å²) in [7, 11) is -5.22. The van der Waals surface area contributed by atoms with Gasteiger partial charge in [-0.2, -0.15) is 0 Å². The minimum atomic E-state index is -2.61. The molecule has 7 nitrogen and oxygen atoms in total. The molecule has 0 aliphatic carbocycles. The van der Waals surface area contributed by atoms with E-state index in [2.05, 4.69) is 112 Å². The molecule has 87 heavy (non-hydrogen) atoms. The highest BCUT2D eigenvalue weighted by Gasteiger charge is 2.42. The Hall–Kier alpha value is -1.30. The van der Waals surface area contributed by atoms with Gasteiger partial charge in [-0.25, -0.2) is 4.31 Å². The van der Waals surface area contributed by atoms with Gasteiger partial charge in [0.1, 0.15) is 11.5 Å². The molecule has 0 fully saturated rings. The first-order chi connectivity index (χ1) is 41.6. The first-order valence-corrected chi connectivity index (χ1v) is 39.7. The molecule has 510 valence electrons. The molecule has 9 heteroatoms. The normalized spacial score (nSPS) is 12.5. The lowest BCUT2D eigenvalue weighted by atomic mass is 9.60. The fourth-order valence-corrected chi connectivity index (χ4v) is 14.8. The minimum absolute atomic E-state index is 0.196. The van der Waals surface area contributed by atoms with Crippen LogP contribution in [0.4, 0.5) is 0 Å². The summed E-state index contributed by atoms with van der Waals surface area (Å²) in [6.07, 6.45) is 68.7. The molecule has 0 aromatic heterocycles. The van der Waals surface area contributed by atoms with E-state index in [0.717, 1.165) is 24.0 Å². The summed E-state index contributed by atoms with van der Waals surface area (Å²) in [6, 6.07) is 9.26. The second-order valence-corrected chi connectivity index (χ2v) is 31.3. The SMILES string of the molecule is CCCCCCCCCCCCCC(CCCCCCCCCCCCC)(CCCCCCCCCCCCC)CCC(CCCCCCCCCCCCC)(c1cc(C(C)(C)C)c(O)cc1C)c1cc(C(C)(C)C)c(O)cc1C.OP(O)OP(O)O. The van der Waals surface area contributed by atoms with Crippen molar-refractivity contribution in [3.8, 4) is 11.5 Å². The highest BCUT2D eigenvalue weighted by Crippen LogP contribution is 2.53. The number of phenols is 2. The topological polar surface area (TPSA) is 131 Å². The zero-order valence-corrected chi connectivity index (χ0v) is 61.4. The minimum Gasteiger partial charge on any atom is -0.508 e. The standard InChI is InChI=1S/C78H142O2.H4O5P2/c1-13-17-21-25-29-33-37-41-45-49-53-57-77(58-54-50-46-42-38-34-30-26-22-18-14-2,59-55-51-47-43-39-35-31-27-23-19-15-3)61-62-78(60-56-52-48-44-40-36-32-28-24-20-16-4,69-65-71(75(7,8)9)73(79)63-67(69)5)70-66-72(76(10,11)12)74(80)64-68(70)6;1-6(2)5-7(3)4/h63-66,79-80H,13-62H2,1-12H3;1-4H. The van der Waals surface area contributed by atoms with Crippen LogP contribution in [0.15, 0.2) is 24.3 Å². The zero-order valence-electron chi connectivity index (χ0n) is 59.7. The van der Waals surface area contributed by atoms with Crippen LogP contribution in [-0.2, 0) is 20.6 Å². The molecule has 2 rings (SSSR count). The molecule has 0 atom stereocenters. The highest BCUT2D eigenvalue weighted by molar-refractivity contribution is 7.53. The molecule has 0 amide bonds. The lowest BCUT2D eigenvalue weighted by Crippen LogP contribution is -2.34. The Bertz CT molecular complexity index is 1780. The van der Waals surface area contributed by atoms with E-state index in [1.165, 1.54) is 330 Å². The average molecular weight is 1260 g/mol. The summed E-state index contributed by atoms with van der Waals surface area (Å²) in [5, 5.41) is 23.7. The molecule has 0 spiro atoms. The Kier molecular flexibility index (Phi) is 49.2. The summed E-state index contributed by atoms with van der Waals surface area (Å²) in [4.78, 5) is 31.3. The molecule has 0 heterocycles. The summed E-state index contributed by atoms with van der Waals surface area (Å²) in [6.45, 7) is 27.7. The van der Waals surface area contributed by atoms with Crippen LogP contribution in [0, 0.1) is 19.3 Å². The van der Waals surface area contributed by atoms with Crippen molar-refractivity contribution in [1.29, 1.82) is 0 Å². The second-order valence-electron chi connectivity index (χ2n) is 29.7. The van der Waals surface area contributed by atoms with Gasteiger partial charge in [-0.15, -0.1) is 0 Å². The van der Waals surface area contributed by atoms with E-state index in [9.17, 15) is 10.2 Å². The first kappa shape index (κ1) is 83.7. The van der Waals surface area contributed by atoms with E-state index in [4.69, 9.17) is 19.6 Å². The molecule has 0 aliphatic rings. The van der Waals surface area contributed by atoms with Crippen LogP contribution in [0.5, 0.6) is 11.5 Å². The van der Waals surface area contributed by atoms with Crippen molar-refractivity contribution < 1.29 is 34.1 Å². The van der Waals surface area contributed by atoms with Crippen molar-refractivity contribution >= 4 is 17.2 Å². The summed E-state index contributed by atoms with van der Waals surface area (Å²) in [5.41, 5.74) is 7.16. The van der Waals surface area contributed by atoms with Gasteiger partial charge in [-0.1, -0.05) is 364 Å². The number of aryl methyl sites for hydroxylation is 2. The largest absolute Gasteiger partial charge is 0.508 e. The molecular weight excluding hydrogens is 1110 g/mol. The number of hydrogen-bond donors (Lipinski definition) is 6. The maximum absolute atomic E-state index is 11.8. The maximum atomic E-state index is 11.8. The predicted octanol–water partition coefficient (Wildman–Crippen LogP) is 26.6. The third kappa shape index (κ3) is 39.1. The smallest absolute Gasteiger partial charge is 0.334 e. The van der Waals surface area contributed by atoms with Crippen LogP contribution >= 0.6 is 17.2 Å². The Balaban J connectivity index is 0.00000507. The number of benzene rings is 2. The van der Waals surface area contributed by atoms with Gasteiger partial charge in [-0.05, 0) is 114 Å². The fraction of sp³-hybridized carbons (Fsp3) is 0.846. The van der Waals surface area contributed by atoms with Crippen molar-refractivity contribution in [3.63, 3.8) is 0 Å². The van der Waals surface area contributed by atoms with Crippen molar-refractivity contribution in [3.05, 3.63) is 57.6 Å². The van der Waals surface area contributed by atoms with Gasteiger partial charge in [0.2, 0.25) is 0 Å². The maximum Gasteiger partial charge on any atom is 0.334 e. The molecule has 6 N–H and O–H groups in total. The Morgan fingerprint density at radius 3 is 0.713 bits per heavy atom. The van der Waals surface area contributed by atoms with Gasteiger partial charge in [-0.3, -0.25) is 0 Å².